The Labute approximate surface area is 143 Å². The number of pyridine rings is 1. The number of amides is 1. The van der Waals surface area contributed by atoms with Crippen LogP contribution in [-0.4, -0.2) is 32.6 Å². The Balaban J connectivity index is 1.90. The number of hydrogen-bond donors (Lipinski definition) is 1. The second kappa shape index (κ2) is 6.24. The van der Waals surface area contributed by atoms with Gasteiger partial charge in [-0.25, -0.2) is 4.98 Å². The summed E-state index contributed by atoms with van der Waals surface area (Å²) in [5.74, 6) is 0.0147. The van der Waals surface area contributed by atoms with Crippen LogP contribution in [-0.2, 0) is 24.8 Å². The largest absolute Gasteiger partial charge is 0.341 e. The van der Waals surface area contributed by atoms with Gasteiger partial charge in [0.15, 0.2) is 5.65 Å². The molecule has 0 radical (unpaired) electrons. The van der Waals surface area contributed by atoms with Crippen molar-refractivity contribution in [1.29, 1.82) is 0 Å². The third-order valence-corrected chi connectivity index (χ3v) is 5.06. The quantitative estimate of drug-likeness (QED) is 0.788. The van der Waals surface area contributed by atoms with Crippen molar-refractivity contribution < 1.29 is 4.79 Å². The fraction of sp³-hybridized carbons (Fsp3) is 0.353. The van der Waals surface area contributed by atoms with Crippen LogP contribution in [0, 0.1) is 13.8 Å². The van der Waals surface area contributed by atoms with E-state index in [1.165, 1.54) is 0 Å². The minimum absolute atomic E-state index is 0.0147. The van der Waals surface area contributed by atoms with Crippen molar-refractivity contribution in [3.63, 3.8) is 0 Å². The molecular weight excluding hydrogens is 324 g/mol. The normalized spacial score (nSPS) is 11.2. The predicted octanol–water partition coefficient (Wildman–Crippen LogP) is 2.14. The first-order valence-electron chi connectivity index (χ1n) is 7.68. The van der Waals surface area contributed by atoms with E-state index in [1.807, 2.05) is 30.7 Å². The van der Waals surface area contributed by atoms with E-state index in [0.717, 1.165) is 22.4 Å². The highest BCUT2D eigenvalue weighted by atomic mass is 32.1. The van der Waals surface area contributed by atoms with Crippen LogP contribution in [0.4, 0.5) is 0 Å². The first-order valence-corrected chi connectivity index (χ1v) is 8.62. The molecule has 1 N–H and O–H groups in total. The summed E-state index contributed by atoms with van der Waals surface area (Å²) in [6, 6.07) is 2.02. The number of hydrogen-bond acceptors (Lipinski definition) is 4. The summed E-state index contributed by atoms with van der Waals surface area (Å²) in [6.45, 7) is 4.35. The molecule has 7 heteroatoms. The number of carbonyl (C=O) groups excluding carboxylic acids is 1. The standard InChI is InChI=1S/C17H20N4O2S/c1-10-13(7-14(22)20(3)8-12-5-6-24-9-12)11(2)18-16-15(10)17(23)19-21(16)4/h5-6,9H,7-8H2,1-4H3,(H,19,23). The Hall–Kier alpha value is -2.41. The number of thiophene rings is 1. The molecule has 0 unspecified atom stereocenters. The number of aromatic nitrogens is 3. The molecule has 0 saturated heterocycles. The van der Waals surface area contributed by atoms with Crippen molar-refractivity contribution >= 4 is 28.3 Å². The third-order valence-electron chi connectivity index (χ3n) is 4.33. The van der Waals surface area contributed by atoms with Crippen LogP contribution in [0.2, 0.25) is 0 Å². The number of fused-ring (bicyclic) bond motifs is 1. The van der Waals surface area contributed by atoms with Gasteiger partial charge in [-0.15, -0.1) is 0 Å². The molecule has 3 rings (SSSR count). The number of aryl methyl sites for hydroxylation is 3. The second-order valence-electron chi connectivity index (χ2n) is 6.06. The maximum absolute atomic E-state index is 12.6. The van der Waals surface area contributed by atoms with E-state index >= 15 is 0 Å². The number of nitrogens with one attached hydrogen (secondary N) is 1. The second-order valence-corrected chi connectivity index (χ2v) is 6.84. The predicted molar refractivity (Wildman–Crippen MR) is 95.3 cm³/mol. The van der Waals surface area contributed by atoms with Gasteiger partial charge in [-0.05, 0) is 47.4 Å². The lowest BCUT2D eigenvalue weighted by Gasteiger charge is -2.18. The Morgan fingerprint density at radius 2 is 2.17 bits per heavy atom. The Bertz CT molecular complexity index is 953. The Kier molecular flexibility index (Phi) is 4.28. The number of aromatic amines is 1. The van der Waals surface area contributed by atoms with Crippen molar-refractivity contribution in [2.24, 2.45) is 7.05 Å². The molecule has 1 amide bonds. The van der Waals surface area contributed by atoms with E-state index in [2.05, 4.69) is 10.1 Å². The van der Waals surface area contributed by atoms with Gasteiger partial charge in [0.25, 0.3) is 5.56 Å². The zero-order chi connectivity index (χ0) is 17.4. The summed E-state index contributed by atoms with van der Waals surface area (Å²) >= 11 is 1.62. The average molecular weight is 344 g/mol. The number of H-pyrrole nitrogens is 1. The van der Waals surface area contributed by atoms with E-state index in [1.54, 1.807) is 35.0 Å². The summed E-state index contributed by atoms with van der Waals surface area (Å²) in [7, 11) is 3.56. The molecule has 3 heterocycles. The molecule has 0 spiro atoms. The van der Waals surface area contributed by atoms with Gasteiger partial charge < -0.3 is 4.90 Å². The van der Waals surface area contributed by atoms with Crippen LogP contribution in [0.25, 0.3) is 11.0 Å². The van der Waals surface area contributed by atoms with Gasteiger partial charge in [0.05, 0.1) is 11.8 Å². The van der Waals surface area contributed by atoms with Crippen LogP contribution in [0.1, 0.15) is 22.4 Å². The monoisotopic (exact) mass is 344 g/mol. The summed E-state index contributed by atoms with van der Waals surface area (Å²) < 4.78 is 1.62. The van der Waals surface area contributed by atoms with E-state index in [4.69, 9.17) is 0 Å². The highest BCUT2D eigenvalue weighted by Gasteiger charge is 2.19. The molecule has 3 aromatic rings. The first-order chi connectivity index (χ1) is 11.4. The van der Waals surface area contributed by atoms with Crippen LogP contribution < -0.4 is 5.56 Å². The van der Waals surface area contributed by atoms with E-state index in [9.17, 15) is 9.59 Å². The minimum Gasteiger partial charge on any atom is -0.341 e. The summed E-state index contributed by atoms with van der Waals surface area (Å²) in [5, 5.41) is 7.32. The van der Waals surface area contributed by atoms with Gasteiger partial charge in [-0.1, -0.05) is 0 Å². The molecule has 6 nitrogen and oxygen atoms in total. The van der Waals surface area contributed by atoms with Crippen LogP contribution >= 0.6 is 11.3 Å². The van der Waals surface area contributed by atoms with Crippen molar-refractivity contribution in [2.75, 3.05) is 7.05 Å². The summed E-state index contributed by atoms with van der Waals surface area (Å²) in [6.07, 6.45) is 0.246. The molecule has 3 aromatic heterocycles. The fourth-order valence-electron chi connectivity index (χ4n) is 2.94. The zero-order valence-electron chi connectivity index (χ0n) is 14.2. The van der Waals surface area contributed by atoms with Crippen LogP contribution in [0.3, 0.4) is 0 Å². The maximum atomic E-state index is 12.6. The van der Waals surface area contributed by atoms with E-state index in [-0.39, 0.29) is 17.9 Å². The molecule has 0 fully saturated rings. The lowest BCUT2D eigenvalue weighted by atomic mass is 10.0. The van der Waals surface area contributed by atoms with E-state index in [0.29, 0.717) is 17.6 Å². The SMILES string of the molecule is Cc1nc2c(c(C)c1CC(=O)N(C)Cc1ccsc1)c(=O)[nH]n2C. The molecular formula is C17H20N4O2S. The highest BCUT2D eigenvalue weighted by molar-refractivity contribution is 7.07. The zero-order valence-corrected chi connectivity index (χ0v) is 15.0. The lowest BCUT2D eigenvalue weighted by molar-refractivity contribution is -0.129. The van der Waals surface area contributed by atoms with Gasteiger partial charge in [-0.3, -0.25) is 19.4 Å². The molecule has 0 atom stereocenters. The van der Waals surface area contributed by atoms with Crippen molar-refractivity contribution in [2.45, 2.75) is 26.8 Å². The highest BCUT2D eigenvalue weighted by Crippen LogP contribution is 2.21. The van der Waals surface area contributed by atoms with Crippen molar-refractivity contribution in [3.05, 3.63) is 49.6 Å². The first kappa shape index (κ1) is 16.4. The molecule has 0 saturated carbocycles. The molecule has 0 aliphatic heterocycles. The third kappa shape index (κ3) is 2.87. The van der Waals surface area contributed by atoms with Crippen molar-refractivity contribution in [1.82, 2.24) is 19.7 Å². The molecule has 0 aromatic carbocycles. The Morgan fingerprint density at radius 1 is 1.42 bits per heavy atom. The molecule has 0 aliphatic carbocycles. The van der Waals surface area contributed by atoms with Crippen molar-refractivity contribution in [3.8, 4) is 0 Å². The average Bonchev–Trinajstić information content (AvgIpc) is 3.11. The maximum Gasteiger partial charge on any atom is 0.273 e. The topological polar surface area (TPSA) is 71.0 Å². The summed E-state index contributed by atoms with van der Waals surface area (Å²) in [5.41, 5.74) is 4.03. The number of nitrogens with zero attached hydrogens (tertiary/aromatic N) is 3. The smallest absolute Gasteiger partial charge is 0.273 e. The molecule has 0 bridgehead atoms. The number of carbonyl (C=O) groups is 1. The molecule has 126 valence electrons. The van der Waals surface area contributed by atoms with Crippen LogP contribution in [0.5, 0.6) is 0 Å². The fourth-order valence-corrected chi connectivity index (χ4v) is 3.60. The van der Waals surface area contributed by atoms with Gasteiger partial charge in [-0.2, -0.15) is 11.3 Å². The number of rotatable bonds is 4. The van der Waals surface area contributed by atoms with Gasteiger partial charge in [0, 0.05) is 26.3 Å². The minimum atomic E-state index is -0.169. The molecule has 0 aliphatic rings. The van der Waals surface area contributed by atoms with Crippen LogP contribution in [0.15, 0.2) is 21.6 Å². The van der Waals surface area contributed by atoms with Gasteiger partial charge in [0.2, 0.25) is 5.91 Å². The lowest BCUT2D eigenvalue weighted by Crippen LogP contribution is -2.28. The van der Waals surface area contributed by atoms with E-state index < -0.39 is 0 Å². The van der Waals surface area contributed by atoms with Gasteiger partial charge >= 0.3 is 0 Å². The Morgan fingerprint density at radius 3 is 2.83 bits per heavy atom. The van der Waals surface area contributed by atoms with Gasteiger partial charge in [0.1, 0.15) is 0 Å². The molecule has 24 heavy (non-hydrogen) atoms. The number of likely N-dealkylation sites (N-methyl/N-ethyl adjacent to an activating group) is 1. The summed E-state index contributed by atoms with van der Waals surface area (Å²) in [4.78, 5) is 30.9.